The van der Waals surface area contributed by atoms with Gasteiger partial charge in [0.1, 0.15) is 19.3 Å². The van der Waals surface area contributed by atoms with Crippen LogP contribution < -0.4 is 0 Å². The van der Waals surface area contributed by atoms with E-state index in [1.165, 1.54) is 180 Å². The number of carbonyl (C=O) groups excluding carboxylic acids is 1. The Morgan fingerprint density at radius 3 is 1.28 bits per heavy atom. The number of hydrogen-bond donors (Lipinski definition) is 1. The standard InChI is InChI=1S/C60H112NO7P/c1-6-8-10-12-14-16-18-20-22-24-26-28-30-31-32-33-35-37-39-41-43-45-47-49-51-53-60(62)68-59(58-67-69(63,64)66-56-54-61(3,4)5)57-65-55-52-50-48-46-44-42-40-38-36-34-29-27-25-23-21-19-17-15-13-11-9-7-2/h9,11,15,17,21,23-24,26-27,29,59H,6-8,10,12-14,16,18-20,22,25,28,30-58H2,1-5H3/p+1/b11-9-,17-15-,23-21-,26-24-,29-27-. The minimum atomic E-state index is -4.29. The summed E-state index contributed by atoms with van der Waals surface area (Å²) in [6.45, 7) is 5.53. The van der Waals surface area contributed by atoms with Gasteiger partial charge in [-0.1, -0.05) is 235 Å². The summed E-state index contributed by atoms with van der Waals surface area (Å²) in [5.74, 6) is -0.314. The van der Waals surface area contributed by atoms with Crippen LogP contribution >= 0.6 is 7.82 Å². The van der Waals surface area contributed by atoms with Crippen LogP contribution in [0, 0.1) is 0 Å². The summed E-state index contributed by atoms with van der Waals surface area (Å²) < 4.78 is 35.3. The number of phosphoric acid groups is 1. The number of likely N-dealkylation sites (N-methyl/N-ethyl adjacent to an activating group) is 1. The van der Waals surface area contributed by atoms with Crippen molar-refractivity contribution < 1.29 is 37.3 Å². The topological polar surface area (TPSA) is 91.3 Å². The van der Waals surface area contributed by atoms with E-state index in [1.54, 1.807) is 0 Å². The fourth-order valence-electron chi connectivity index (χ4n) is 8.13. The third kappa shape index (κ3) is 57.0. The highest BCUT2D eigenvalue weighted by Crippen LogP contribution is 2.43. The molecule has 2 unspecified atom stereocenters. The zero-order valence-electron chi connectivity index (χ0n) is 46.0. The van der Waals surface area contributed by atoms with E-state index in [-0.39, 0.29) is 25.8 Å². The van der Waals surface area contributed by atoms with Crippen LogP contribution in [-0.4, -0.2) is 75.6 Å². The van der Waals surface area contributed by atoms with Gasteiger partial charge in [0.05, 0.1) is 34.4 Å². The second-order valence-corrected chi connectivity index (χ2v) is 22.1. The summed E-state index contributed by atoms with van der Waals surface area (Å²) in [4.78, 5) is 23.1. The second kappa shape index (κ2) is 52.5. The highest BCUT2D eigenvalue weighted by molar-refractivity contribution is 7.47. The smallest absolute Gasteiger partial charge is 0.457 e. The molecule has 9 heteroatoms. The lowest BCUT2D eigenvalue weighted by molar-refractivity contribution is -0.870. The molecule has 2 atom stereocenters. The highest BCUT2D eigenvalue weighted by atomic mass is 31.2. The number of phosphoric ester groups is 1. The zero-order valence-corrected chi connectivity index (χ0v) is 46.9. The molecule has 8 nitrogen and oxygen atoms in total. The first-order valence-corrected chi connectivity index (χ1v) is 30.5. The molecule has 0 amide bonds. The number of rotatable bonds is 54. The van der Waals surface area contributed by atoms with Crippen molar-refractivity contribution >= 4 is 13.8 Å². The molecule has 0 aliphatic carbocycles. The Morgan fingerprint density at radius 2 is 0.841 bits per heavy atom. The first kappa shape index (κ1) is 67.2. The van der Waals surface area contributed by atoms with E-state index in [1.807, 2.05) is 21.1 Å². The number of quaternary nitrogens is 1. The zero-order chi connectivity index (χ0) is 50.5. The quantitative estimate of drug-likeness (QED) is 0.0213. The van der Waals surface area contributed by atoms with Crippen LogP contribution in [0.4, 0.5) is 0 Å². The van der Waals surface area contributed by atoms with Gasteiger partial charge in [-0.05, 0) is 77.0 Å². The minimum Gasteiger partial charge on any atom is -0.457 e. The number of ether oxygens (including phenoxy) is 2. The summed E-state index contributed by atoms with van der Waals surface area (Å²) in [7, 11) is 1.67. The van der Waals surface area contributed by atoms with Gasteiger partial charge in [0.15, 0.2) is 0 Å². The van der Waals surface area contributed by atoms with E-state index in [4.69, 9.17) is 18.5 Å². The van der Waals surface area contributed by atoms with Crippen molar-refractivity contribution in [2.45, 2.75) is 264 Å². The molecule has 0 saturated carbocycles. The first-order chi connectivity index (χ1) is 33.6. The van der Waals surface area contributed by atoms with Gasteiger partial charge < -0.3 is 18.9 Å². The van der Waals surface area contributed by atoms with Crippen LogP contribution in [0.3, 0.4) is 0 Å². The molecule has 0 bridgehead atoms. The minimum absolute atomic E-state index is 0.0861. The van der Waals surface area contributed by atoms with Gasteiger partial charge in [-0.15, -0.1) is 0 Å². The van der Waals surface area contributed by atoms with Crippen molar-refractivity contribution in [2.24, 2.45) is 0 Å². The molecule has 0 fully saturated rings. The number of carbonyl (C=O) groups is 1. The number of esters is 1. The molecule has 0 aromatic rings. The van der Waals surface area contributed by atoms with Crippen molar-refractivity contribution in [2.75, 3.05) is 54.1 Å². The Bertz CT molecular complexity index is 1290. The Balaban J connectivity index is 4.07. The molecule has 0 heterocycles. The number of unbranched alkanes of at least 4 members (excludes halogenated alkanes) is 30. The lowest BCUT2D eigenvalue weighted by Crippen LogP contribution is -2.37. The van der Waals surface area contributed by atoms with Gasteiger partial charge in [0.2, 0.25) is 0 Å². The molecule has 0 aliphatic rings. The average molecular weight is 992 g/mol. The third-order valence-electron chi connectivity index (χ3n) is 12.6. The molecular formula is C60H113NO7P+. The fraction of sp³-hybridized carbons (Fsp3) is 0.817. The Morgan fingerprint density at radius 1 is 0.464 bits per heavy atom. The third-order valence-corrected chi connectivity index (χ3v) is 13.5. The normalized spacial score (nSPS) is 13.9. The highest BCUT2D eigenvalue weighted by Gasteiger charge is 2.26. The maximum absolute atomic E-state index is 12.8. The summed E-state index contributed by atoms with van der Waals surface area (Å²) >= 11 is 0. The van der Waals surface area contributed by atoms with Crippen molar-refractivity contribution in [3.05, 3.63) is 60.8 Å². The maximum Gasteiger partial charge on any atom is 0.472 e. The SMILES string of the molecule is CC/C=C\C/C=C\C/C=C\C/C=C\CCCCCCCCCCCOCC(COP(=O)(O)OCC[N+](C)(C)C)OC(=O)CCCCCCCCCCCCCCC/C=C\CCCCCCCCCC. The van der Waals surface area contributed by atoms with Crippen molar-refractivity contribution in [1.82, 2.24) is 0 Å². The molecule has 0 saturated heterocycles. The molecular weight excluding hydrogens is 878 g/mol. The van der Waals surface area contributed by atoms with E-state index in [0.29, 0.717) is 24.1 Å². The maximum atomic E-state index is 12.8. The van der Waals surface area contributed by atoms with Crippen LogP contribution in [0.15, 0.2) is 60.8 Å². The van der Waals surface area contributed by atoms with E-state index in [0.717, 1.165) is 57.8 Å². The predicted molar refractivity (Wildman–Crippen MR) is 298 cm³/mol. The predicted octanol–water partition coefficient (Wildman–Crippen LogP) is 18.4. The van der Waals surface area contributed by atoms with Gasteiger partial charge in [-0.2, -0.15) is 0 Å². The lowest BCUT2D eigenvalue weighted by atomic mass is 10.0. The van der Waals surface area contributed by atoms with Crippen molar-refractivity contribution in [3.8, 4) is 0 Å². The van der Waals surface area contributed by atoms with E-state index in [2.05, 4.69) is 74.6 Å². The molecule has 0 rings (SSSR count). The van der Waals surface area contributed by atoms with Crippen LogP contribution in [0.25, 0.3) is 0 Å². The summed E-state index contributed by atoms with van der Waals surface area (Å²) in [6, 6.07) is 0. The number of hydrogen-bond acceptors (Lipinski definition) is 6. The Labute approximate surface area is 428 Å². The monoisotopic (exact) mass is 991 g/mol. The Kier molecular flexibility index (Phi) is 51.2. The van der Waals surface area contributed by atoms with Crippen molar-refractivity contribution in [3.63, 3.8) is 0 Å². The Hall–Kier alpha value is -1.80. The van der Waals surface area contributed by atoms with Crippen LogP contribution in [0.5, 0.6) is 0 Å². The van der Waals surface area contributed by atoms with E-state index < -0.39 is 13.9 Å². The molecule has 0 aromatic heterocycles. The average Bonchev–Trinajstić information content (AvgIpc) is 3.31. The largest absolute Gasteiger partial charge is 0.472 e. The summed E-state index contributed by atoms with van der Waals surface area (Å²) in [6.07, 6.45) is 68.6. The second-order valence-electron chi connectivity index (χ2n) is 20.6. The fourth-order valence-corrected chi connectivity index (χ4v) is 8.87. The summed E-state index contributed by atoms with van der Waals surface area (Å²) in [5.41, 5.74) is 0. The number of allylic oxidation sites excluding steroid dienone is 10. The van der Waals surface area contributed by atoms with Crippen LogP contribution in [-0.2, 0) is 27.9 Å². The molecule has 69 heavy (non-hydrogen) atoms. The molecule has 0 aromatic carbocycles. The summed E-state index contributed by atoms with van der Waals surface area (Å²) in [5, 5.41) is 0. The van der Waals surface area contributed by atoms with Gasteiger partial charge in [-0.25, -0.2) is 4.57 Å². The molecule has 0 aliphatic heterocycles. The molecule has 1 N–H and O–H groups in total. The van der Waals surface area contributed by atoms with Gasteiger partial charge in [0.25, 0.3) is 0 Å². The van der Waals surface area contributed by atoms with Gasteiger partial charge in [0, 0.05) is 13.0 Å². The van der Waals surface area contributed by atoms with Crippen molar-refractivity contribution in [1.29, 1.82) is 0 Å². The number of nitrogens with zero attached hydrogens (tertiary/aromatic N) is 1. The molecule has 404 valence electrons. The molecule has 0 spiro atoms. The van der Waals surface area contributed by atoms with Crippen LogP contribution in [0.1, 0.15) is 258 Å². The van der Waals surface area contributed by atoms with Gasteiger partial charge in [-0.3, -0.25) is 13.8 Å². The van der Waals surface area contributed by atoms with Crippen LogP contribution in [0.2, 0.25) is 0 Å². The first-order valence-electron chi connectivity index (χ1n) is 29.0. The lowest BCUT2D eigenvalue weighted by Gasteiger charge is -2.24. The van der Waals surface area contributed by atoms with E-state index >= 15 is 0 Å². The van der Waals surface area contributed by atoms with E-state index in [9.17, 15) is 14.3 Å². The van der Waals surface area contributed by atoms with Gasteiger partial charge >= 0.3 is 13.8 Å². The molecule has 0 radical (unpaired) electrons.